The Morgan fingerprint density at radius 2 is 1.48 bits per heavy atom. The van der Waals surface area contributed by atoms with Crippen molar-refractivity contribution >= 4 is 11.8 Å². The molecule has 0 atom stereocenters. The summed E-state index contributed by atoms with van der Waals surface area (Å²) in [5, 5.41) is 17.8. The molecule has 3 aromatic carbocycles. The average Bonchev–Trinajstić information content (AvgIpc) is 3.28. The fourth-order valence-electron chi connectivity index (χ4n) is 2.92. The third kappa shape index (κ3) is 4.43. The molecular formula is C23H18N4O4. The van der Waals surface area contributed by atoms with E-state index < -0.39 is 11.8 Å². The molecule has 3 N–H and O–H groups in total. The Morgan fingerprint density at radius 1 is 0.806 bits per heavy atom. The van der Waals surface area contributed by atoms with Crippen LogP contribution in [0.5, 0.6) is 5.75 Å². The Balaban J connectivity index is 1.42. The number of phenolic OH excluding ortho intramolecular Hbond substituents is 1. The summed E-state index contributed by atoms with van der Waals surface area (Å²) in [4.78, 5) is 24.4. The van der Waals surface area contributed by atoms with Crippen LogP contribution in [0, 0.1) is 6.92 Å². The molecular weight excluding hydrogens is 396 g/mol. The van der Waals surface area contributed by atoms with Gasteiger partial charge in [0.1, 0.15) is 5.75 Å². The van der Waals surface area contributed by atoms with Gasteiger partial charge in [0.25, 0.3) is 11.8 Å². The molecule has 0 bridgehead atoms. The van der Waals surface area contributed by atoms with E-state index in [1.165, 1.54) is 12.1 Å². The zero-order valence-electron chi connectivity index (χ0n) is 16.5. The van der Waals surface area contributed by atoms with Crippen LogP contribution in [0.2, 0.25) is 0 Å². The molecule has 8 nitrogen and oxygen atoms in total. The van der Waals surface area contributed by atoms with E-state index in [0.717, 1.165) is 11.1 Å². The highest BCUT2D eigenvalue weighted by atomic mass is 16.4. The van der Waals surface area contributed by atoms with Crippen LogP contribution in [-0.4, -0.2) is 27.1 Å². The number of nitrogens with one attached hydrogen (secondary N) is 2. The van der Waals surface area contributed by atoms with Crippen molar-refractivity contribution in [3.05, 3.63) is 89.5 Å². The predicted octanol–water partition coefficient (Wildman–Crippen LogP) is 3.49. The van der Waals surface area contributed by atoms with E-state index in [-0.39, 0.29) is 11.3 Å². The molecule has 0 aliphatic carbocycles. The van der Waals surface area contributed by atoms with Gasteiger partial charge in [0.05, 0.1) is 5.56 Å². The molecule has 0 aliphatic heterocycles. The monoisotopic (exact) mass is 414 g/mol. The summed E-state index contributed by atoms with van der Waals surface area (Å²) in [6, 6.07) is 20.3. The van der Waals surface area contributed by atoms with Crippen molar-refractivity contribution in [3.63, 3.8) is 0 Å². The first-order chi connectivity index (χ1) is 15.0. The smallest absolute Gasteiger partial charge is 0.273 e. The molecule has 4 aromatic rings. The number of hydrazine groups is 1. The van der Waals surface area contributed by atoms with Gasteiger partial charge in [-0.25, -0.2) is 0 Å². The van der Waals surface area contributed by atoms with Gasteiger partial charge in [0, 0.05) is 16.7 Å². The first-order valence-electron chi connectivity index (χ1n) is 9.41. The molecule has 2 amide bonds. The Morgan fingerprint density at radius 3 is 2.19 bits per heavy atom. The second-order valence-corrected chi connectivity index (χ2v) is 6.78. The largest absolute Gasteiger partial charge is 0.507 e. The van der Waals surface area contributed by atoms with E-state index in [9.17, 15) is 14.7 Å². The second-order valence-electron chi connectivity index (χ2n) is 6.78. The number of aromatic nitrogens is 2. The minimum absolute atomic E-state index is 0.0546. The second kappa shape index (κ2) is 8.50. The van der Waals surface area contributed by atoms with Crippen molar-refractivity contribution in [3.8, 4) is 28.7 Å². The lowest BCUT2D eigenvalue weighted by Crippen LogP contribution is -2.41. The van der Waals surface area contributed by atoms with Crippen LogP contribution in [0.15, 0.2) is 77.2 Å². The number of carbonyl (C=O) groups is 2. The molecule has 1 aromatic heterocycles. The number of phenols is 1. The molecule has 0 aliphatic rings. The summed E-state index contributed by atoms with van der Waals surface area (Å²) >= 11 is 0. The van der Waals surface area contributed by atoms with Gasteiger partial charge < -0.3 is 9.52 Å². The topological polar surface area (TPSA) is 117 Å². The Kier molecular flexibility index (Phi) is 5.44. The van der Waals surface area contributed by atoms with Crippen LogP contribution < -0.4 is 10.9 Å². The van der Waals surface area contributed by atoms with E-state index in [4.69, 9.17) is 4.42 Å². The van der Waals surface area contributed by atoms with Gasteiger partial charge in [0.15, 0.2) is 0 Å². The van der Waals surface area contributed by atoms with Crippen LogP contribution in [0.1, 0.15) is 26.3 Å². The van der Waals surface area contributed by atoms with E-state index >= 15 is 0 Å². The van der Waals surface area contributed by atoms with Gasteiger partial charge in [-0.1, -0.05) is 29.8 Å². The molecule has 31 heavy (non-hydrogen) atoms. The maximum Gasteiger partial charge on any atom is 0.273 e. The number of amides is 2. The van der Waals surface area contributed by atoms with Gasteiger partial charge in [-0.2, -0.15) is 0 Å². The molecule has 0 fully saturated rings. The van der Waals surface area contributed by atoms with E-state index in [1.807, 2.05) is 31.2 Å². The highest BCUT2D eigenvalue weighted by Crippen LogP contribution is 2.24. The average molecular weight is 414 g/mol. The van der Waals surface area contributed by atoms with Gasteiger partial charge >= 0.3 is 0 Å². The lowest BCUT2D eigenvalue weighted by atomic mass is 10.1. The number of rotatable bonds is 4. The van der Waals surface area contributed by atoms with Gasteiger partial charge in [-0.05, 0) is 55.5 Å². The van der Waals surface area contributed by atoms with Gasteiger partial charge in [-0.3, -0.25) is 20.4 Å². The van der Waals surface area contributed by atoms with Gasteiger partial charge in [0.2, 0.25) is 11.8 Å². The number of hydrogen-bond acceptors (Lipinski definition) is 6. The van der Waals surface area contributed by atoms with Crippen molar-refractivity contribution in [2.45, 2.75) is 6.92 Å². The maximum atomic E-state index is 12.3. The van der Waals surface area contributed by atoms with Crippen molar-refractivity contribution in [2.75, 3.05) is 0 Å². The van der Waals surface area contributed by atoms with E-state index in [1.54, 1.807) is 36.4 Å². The highest BCUT2D eigenvalue weighted by molar-refractivity contribution is 6.00. The normalized spacial score (nSPS) is 10.5. The van der Waals surface area contributed by atoms with E-state index in [2.05, 4.69) is 21.0 Å². The Bertz CT molecular complexity index is 1250. The minimum Gasteiger partial charge on any atom is -0.507 e. The molecule has 154 valence electrons. The Hall–Kier alpha value is -4.46. The van der Waals surface area contributed by atoms with Crippen molar-refractivity contribution < 1.29 is 19.1 Å². The summed E-state index contributed by atoms with van der Waals surface area (Å²) in [6.07, 6.45) is 0. The first-order valence-corrected chi connectivity index (χ1v) is 9.41. The molecule has 0 saturated heterocycles. The number of para-hydroxylation sites is 1. The maximum absolute atomic E-state index is 12.3. The number of nitrogens with zero attached hydrogens (tertiary/aromatic N) is 2. The number of carbonyl (C=O) groups excluding carboxylic acids is 2. The molecule has 0 spiro atoms. The summed E-state index contributed by atoms with van der Waals surface area (Å²) in [5.74, 6) is -0.578. The van der Waals surface area contributed by atoms with Crippen molar-refractivity contribution in [2.24, 2.45) is 0 Å². The Labute approximate surface area is 177 Å². The zero-order chi connectivity index (χ0) is 21.8. The van der Waals surface area contributed by atoms with Gasteiger partial charge in [-0.15, -0.1) is 10.2 Å². The van der Waals surface area contributed by atoms with E-state index in [0.29, 0.717) is 22.9 Å². The third-order valence-electron chi connectivity index (χ3n) is 4.52. The fourth-order valence-corrected chi connectivity index (χ4v) is 2.92. The lowest BCUT2D eigenvalue weighted by molar-refractivity contribution is 0.0845. The van der Waals surface area contributed by atoms with Crippen molar-refractivity contribution in [1.29, 1.82) is 0 Å². The first kappa shape index (κ1) is 19.8. The molecule has 0 unspecified atom stereocenters. The molecule has 0 saturated carbocycles. The van der Waals surface area contributed by atoms with Crippen LogP contribution in [0.3, 0.4) is 0 Å². The third-order valence-corrected chi connectivity index (χ3v) is 4.52. The lowest BCUT2D eigenvalue weighted by Gasteiger charge is -2.08. The summed E-state index contributed by atoms with van der Waals surface area (Å²) in [7, 11) is 0. The molecule has 1 heterocycles. The number of hydrogen-bond donors (Lipinski definition) is 3. The summed E-state index contributed by atoms with van der Waals surface area (Å²) < 4.78 is 5.75. The zero-order valence-corrected chi connectivity index (χ0v) is 16.5. The standard InChI is InChI=1S/C23H18N4O4/c1-14-5-4-6-17(13-14)23-27-26-22(31-23)16-11-9-15(10-12-16)20(29)24-25-21(30)18-7-2-3-8-19(18)28/h2-13,28H,1H3,(H,24,29)(H,25,30). The highest BCUT2D eigenvalue weighted by Gasteiger charge is 2.14. The van der Waals surface area contributed by atoms with Crippen LogP contribution >= 0.6 is 0 Å². The quantitative estimate of drug-likeness (QED) is 0.440. The fraction of sp³-hybridized carbons (Fsp3) is 0.0435. The molecule has 4 rings (SSSR count). The van der Waals surface area contributed by atoms with Crippen LogP contribution in [0.25, 0.3) is 22.9 Å². The number of aryl methyl sites for hydroxylation is 1. The van der Waals surface area contributed by atoms with Crippen molar-refractivity contribution in [1.82, 2.24) is 21.0 Å². The molecule has 0 radical (unpaired) electrons. The number of aromatic hydroxyl groups is 1. The minimum atomic E-state index is -0.627. The van der Waals surface area contributed by atoms with Crippen LogP contribution in [0.4, 0.5) is 0 Å². The summed E-state index contributed by atoms with van der Waals surface area (Å²) in [6.45, 7) is 1.98. The summed E-state index contributed by atoms with van der Waals surface area (Å²) in [5.41, 5.74) is 7.53. The van der Waals surface area contributed by atoms with Crippen LogP contribution in [-0.2, 0) is 0 Å². The SMILES string of the molecule is Cc1cccc(-c2nnc(-c3ccc(C(=O)NNC(=O)c4ccccc4O)cc3)o2)c1. The predicted molar refractivity (Wildman–Crippen MR) is 113 cm³/mol. The number of benzene rings is 3. The molecule has 8 heteroatoms.